The molecule has 3 aliphatic rings. The van der Waals surface area contributed by atoms with Crippen LogP contribution in [0.3, 0.4) is 0 Å². The number of nitrogens with one attached hydrogen (secondary N) is 1. The van der Waals surface area contributed by atoms with E-state index in [0.717, 1.165) is 71.7 Å². The number of fused-ring (bicyclic) bond motifs is 6. The van der Waals surface area contributed by atoms with Crippen molar-refractivity contribution in [1.29, 1.82) is 0 Å². The first kappa shape index (κ1) is 24.8. The second-order valence-corrected chi connectivity index (χ2v) is 11.1. The van der Waals surface area contributed by atoms with Crippen LogP contribution in [0.2, 0.25) is 0 Å². The highest BCUT2D eigenvalue weighted by atomic mass is 16.6. The number of nitrogens with zero attached hydrogens (tertiary/aromatic N) is 1. The number of carbonyl (C=O) groups is 1. The number of carbonyl (C=O) groups excluding carboxylic acids is 1. The molecule has 3 heterocycles. The molecule has 1 N–H and O–H groups in total. The Bertz CT molecular complexity index is 1560. The lowest BCUT2D eigenvalue weighted by molar-refractivity contribution is 0.0226. The number of para-hydroxylation sites is 2. The van der Waals surface area contributed by atoms with Gasteiger partial charge in [-0.05, 0) is 74.1 Å². The summed E-state index contributed by atoms with van der Waals surface area (Å²) in [5.74, 6) is 1.12. The summed E-state index contributed by atoms with van der Waals surface area (Å²) >= 11 is 0. The van der Waals surface area contributed by atoms with Crippen molar-refractivity contribution >= 4 is 23.0 Å². The van der Waals surface area contributed by atoms with Crippen molar-refractivity contribution in [2.75, 3.05) is 23.3 Å². The third kappa shape index (κ3) is 3.79. The van der Waals surface area contributed by atoms with Crippen molar-refractivity contribution in [2.45, 2.75) is 51.6 Å². The van der Waals surface area contributed by atoms with E-state index in [-0.39, 0.29) is 5.97 Å². The number of ether oxygens (including phenoxy) is 2. The zero-order valence-corrected chi connectivity index (χ0v) is 23.1. The van der Waals surface area contributed by atoms with Crippen molar-refractivity contribution in [2.24, 2.45) is 0 Å². The van der Waals surface area contributed by atoms with Gasteiger partial charge in [0.1, 0.15) is 11.5 Å². The van der Waals surface area contributed by atoms with Crippen molar-refractivity contribution in [3.05, 3.63) is 112 Å². The second kappa shape index (κ2) is 9.74. The van der Waals surface area contributed by atoms with Crippen LogP contribution in [-0.4, -0.2) is 19.1 Å². The molecule has 4 aromatic rings. The predicted octanol–water partition coefficient (Wildman–Crippen LogP) is 8.25. The molecular formula is C35H34N2O3. The molecule has 0 atom stereocenters. The van der Waals surface area contributed by atoms with E-state index in [1.165, 1.54) is 18.4 Å². The van der Waals surface area contributed by atoms with E-state index in [1.54, 1.807) is 0 Å². The lowest BCUT2D eigenvalue weighted by Gasteiger charge is -2.37. The summed E-state index contributed by atoms with van der Waals surface area (Å²) in [5.41, 5.74) is 7.37. The van der Waals surface area contributed by atoms with E-state index >= 15 is 0 Å². The molecule has 1 fully saturated rings. The molecule has 1 spiro atoms. The predicted molar refractivity (Wildman–Crippen MR) is 159 cm³/mol. The minimum absolute atomic E-state index is 0.290. The Morgan fingerprint density at radius 2 is 1.55 bits per heavy atom. The van der Waals surface area contributed by atoms with Gasteiger partial charge in [0.25, 0.3) is 0 Å². The minimum atomic E-state index is -1.12. The van der Waals surface area contributed by atoms with Crippen LogP contribution in [0, 0.1) is 6.92 Å². The second-order valence-electron chi connectivity index (χ2n) is 11.1. The van der Waals surface area contributed by atoms with E-state index in [9.17, 15) is 4.79 Å². The number of hydrogen-bond donors (Lipinski definition) is 1. The molecular weight excluding hydrogens is 496 g/mol. The van der Waals surface area contributed by atoms with Gasteiger partial charge in [0.15, 0.2) is 5.60 Å². The molecule has 0 unspecified atom stereocenters. The van der Waals surface area contributed by atoms with Gasteiger partial charge in [0.2, 0.25) is 0 Å². The quantitative estimate of drug-likeness (QED) is 0.254. The lowest BCUT2D eigenvalue weighted by atomic mass is 9.76. The minimum Gasteiger partial charge on any atom is -0.456 e. The summed E-state index contributed by atoms with van der Waals surface area (Å²) in [7, 11) is 0. The van der Waals surface area contributed by atoms with Gasteiger partial charge < -0.3 is 19.7 Å². The van der Waals surface area contributed by atoms with Gasteiger partial charge in [-0.2, -0.15) is 0 Å². The molecule has 4 aromatic carbocycles. The molecule has 0 saturated carbocycles. The summed E-state index contributed by atoms with van der Waals surface area (Å²) in [5, 5.41) is 3.74. The van der Waals surface area contributed by atoms with Crippen LogP contribution in [0.25, 0.3) is 0 Å². The molecule has 40 heavy (non-hydrogen) atoms. The van der Waals surface area contributed by atoms with Crippen LogP contribution in [0.15, 0.2) is 78.9 Å². The highest BCUT2D eigenvalue weighted by molar-refractivity contribution is 6.05. The van der Waals surface area contributed by atoms with Crippen LogP contribution in [0.1, 0.15) is 70.8 Å². The Hall–Kier alpha value is -4.25. The summed E-state index contributed by atoms with van der Waals surface area (Å²) in [4.78, 5) is 16.4. The Kier molecular flexibility index (Phi) is 6.03. The molecule has 0 bridgehead atoms. The maximum atomic E-state index is 14.1. The summed E-state index contributed by atoms with van der Waals surface area (Å²) in [6.45, 7) is 6.23. The lowest BCUT2D eigenvalue weighted by Crippen LogP contribution is -2.33. The molecule has 7 rings (SSSR count). The van der Waals surface area contributed by atoms with Gasteiger partial charge in [-0.3, -0.25) is 0 Å². The fourth-order valence-corrected chi connectivity index (χ4v) is 6.58. The normalized spacial score (nSPS) is 16.2. The Morgan fingerprint density at radius 1 is 0.900 bits per heavy atom. The smallest absolute Gasteiger partial charge is 0.342 e. The molecule has 3 aliphatic heterocycles. The van der Waals surface area contributed by atoms with Gasteiger partial charge in [-0.25, -0.2) is 4.79 Å². The maximum absolute atomic E-state index is 14.1. The topological polar surface area (TPSA) is 50.8 Å². The van der Waals surface area contributed by atoms with Crippen molar-refractivity contribution < 1.29 is 14.3 Å². The van der Waals surface area contributed by atoms with Gasteiger partial charge in [-0.15, -0.1) is 0 Å². The number of aryl methyl sites for hydroxylation is 2. The molecule has 0 radical (unpaired) electrons. The molecule has 0 amide bonds. The van der Waals surface area contributed by atoms with Crippen LogP contribution < -0.4 is 15.0 Å². The molecule has 5 nitrogen and oxygen atoms in total. The highest BCUT2D eigenvalue weighted by Crippen LogP contribution is 2.59. The van der Waals surface area contributed by atoms with E-state index in [4.69, 9.17) is 9.47 Å². The number of hydrogen-bond acceptors (Lipinski definition) is 5. The van der Waals surface area contributed by atoms with E-state index in [2.05, 4.69) is 54.4 Å². The summed E-state index contributed by atoms with van der Waals surface area (Å²) < 4.78 is 13.0. The summed E-state index contributed by atoms with van der Waals surface area (Å²) in [6, 6.07) is 26.7. The Morgan fingerprint density at radius 3 is 2.20 bits per heavy atom. The van der Waals surface area contributed by atoms with Gasteiger partial charge in [0, 0.05) is 35.5 Å². The van der Waals surface area contributed by atoms with Crippen molar-refractivity contribution in [3.8, 4) is 11.5 Å². The molecule has 202 valence electrons. The highest BCUT2D eigenvalue weighted by Gasteiger charge is 2.56. The number of unbranched alkanes of at least 4 members (excludes halogenated alkanes) is 1. The number of anilines is 3. The SMILES string of the molecule is CCCCc1ccc(Nc2c(C)cc(N3CCCC3)c3c2C2(OC3=O)c3ccccc3Oc3ccccc32)cc1. The summed E-state index contributed by atoms with van der Waals surface area (Å²) in [6.07, 6.45) is 5.68. The monoisotopic (exact) mass is 530 g/mol. The molecule has 0 aromatic heterocycles. The van der Waals surface area contributed by atoms with Crippen LogP contribution in [-0.2, 0) is 16.8 Å². The van der Waals surface area contributed by atoms with Crippen LogP contribution in [0.4, 0.5) is 17.1 Å². The molecule has 0 aliphatic carbocycles. The van der Waals surface area contributed by atoms with E-state index in [1.807, 2.05) is 48.5 Å². The first-order valence-corrected chi connectivity index (χ1v) is 14.5. The third-order valence-corrected chi connectivity index (χ3v) is 8.55. The van der Waals surface area contributed by atoms with Gasteiger partial charge in [-0.1, -0.05) is 61.9 Å². The first-order chi connectivity index (χ1) is 19.6. The fourth-order valence-electron chi connectivity index (χ4n) is 6.58. The van der Waals surface area contributed by atoms with Crippen LogP contribution in [0.5, 0.6) is 11.5 Å². The largest absolute Gasteiger partial charge is 0.456 e. The fraction of sp³-hybridized carbons (Fsp3) is 0.286. The molecule has 5 heteroatoms. The Balaban J connectivity index is 1.48. The van der Waals surface area contributed by atoms with E-state index in [0.29, 0.717) is 17.1 Å². The third-order valence-electron chi connectivity index (χ3n) is 8.55. The van der Waals surface area contributed by atoms with Crippen LogP contribution >= 0.6 is 0 Å². The maximum Gasteiger partial charge on any atom is 0.342 e. The Labute approximate surface area is 235 Å². The van der Waals surface area contributed by atoms with Crippen molar-refractivity contribution in [1.82, 2.24) is 0 Å². The first-order valence-electron chi connectivity index (χ1n) is 14.5. The van der Waals surface area contributed by atoms with Gasteiger partial charge in [0.05, 0.1) is 16.9 Å². The van der Waals surface area contributed by atoms with Crippen molar-refractivity contribution in [3.63, 3.8) is 0 Å². The molecule has 1 saturated heterocycles. The standard InChI is InChI=1S/C35H34N2O3/c1-3-4-11-24-16-18-25(19-17-24)36-33-23(2)22-28(37-20-9-10-21-37)31-32(33)35(40-34(31)38)26-12-5-7-14-29(26)39-30-15-8-6-13-27(30)35/h5-8,12-19,22,36H,3-4,9-11,20-21H2,1-2H3. The average molecular weight is 531 g/mol. The van der Waals surface area contributed by atoms with E-state index < -0.39 is 5.60 Å². The zero-order chi connectivity index (χ0) is 27.3. The number of esters is 1. The average Bonchev–Trinajstić information content (AvgIpc) is 3.62. The number of benzene rings is 4. The zero-order valence-electron chi connectivity index (χ0n) is 23.1. The number of rotatable bonds is 6. The van der Waals surface area contributed by atoms with Gasteiger partial charge >= 0.3 is 5.97 Å².